The highest BCUT2D eigenvalue weighted by Gasteiger charge is 2.25. The van der Waals surface area contributed by atoms with Crippen molar-refractivity contribution in [1.29, 1.82) is 0 Å². The molecule has 0 aliphatic carbocycles. The Balaban J connectivity index is 1.96. The van der Waals surface area contributed by atoms with Crippen LogP contribution in [0.1, 0.15) is 11.6 Å². The van der Waals surface area contributed by atoms with E-state index < -0.39 is 6.04 Å². The summed E-state index contributed by atoms with van der Waals surface area (Å²) in [6.45, 7) is 1.16. The quantitative estimate of drug-likeness (QED) is 0.848. The molecule has 0 fully saturated rings. The van der Waals surface area contributed by atoms with Crippen molar-refractivity contribution < 1.29 is 9.18 Å². The Morgan fingerprint density at radius 1 is 1.04 bits per heavy atom. The summed E-state index contributed by atoms with van der Waals surface area (Å²) in [5.74, 6) is -0.570. The van der Waals surface area contributed by atoms with Crippen LogP contribution in [0.25, 0.3) is 0 Å². The van der Waals surface area contributed by atoms with Crippen molar-refractivity contribution in [3.63, 3.8) is 0 Å². The second-order valence-corrected chi connectivity index (χ2v) is 5.94. The van der Waals surface area contributed by atoms with E-state index in [4.69, 9.17) is 0 Å². The van der Waals surface area contributed by atoms with E-state index in [2.05, 4.69) is 10.2 Å². The third kappa shape index (κ3) is 4.55. The highest BCUT2D eigenvalue weighted by atomic mass is 19.1. The molecule has 1 amide bonds. The monoisotopic (exact) mass is 329 g/mol. The number of amides is 1. The first kappa shape index (κ1) is 17.9. The van der Waals surface area contributed by atoms with Crippen LogP contribution in [-0.4, -0.2) is 45.0 Å². The highest BCUT2D eigenvalue weighted by molar-refractivity contribution is 5.83. The molecule has 4 nitrogen and oxygen atoms in total. The van der Waals surface area contributed by atoms with Crippen LogP contribution in [0, 0.1) is 5.82 Å². The molecule has 0 heterocycles. The summed E-state index contributed by atoms with van der Waals surface area (Å²) < 4.78 is 14.0. The van der Waals surface area contributed by atoms with Crippen molar-refractivity contribution in [3.8, 4) is 0 Å². The first-order valence-corrected chi connectivity index (χ1v) is 7.95. The molecule has 5 heteroatoms. The van der Waals surface area contributed by atoms with E-state index in [-0.39, 0.29) is 11.7 Å². The zero-order valence-corrected chi connectivity index (χ0v) is 14.4. The lowest BCUT2D eigenvalue weighted by Crippen LogP contribution is -2.40. The molecule has 0 unspecified atom stereocenters. The Hall–Kier alpha value is -2.40. The van der Waals surface area contributed by atoms with Crippen LogP contribution in [-0.2, 0) is 4.79 Å². The minimum Gasteiger partial charge on any atom is -0.373 e. The van der Waals surface area contributed by atoms with Gasteiger partial charge < -0.3 is 10.2 Å². The summed E-state index contributed by atoms with van der Waals surface area (Å²) in [6, 6.07) is 15.7. The number of benzene rings is 2. The van der Waals surface area contributed by atoms with Crippen LogP contribution in [0.3, 0.4) is 0 Å². The van der Waals surface area contributed by atoms with Gasteiger partial charge in [0.25, 0.3) is 0 Å². The average Bonchev–Trinajstić information content (AvgIpc) is 2.57. The molecule has 2 aromatic rings. The first-order valence-electron chi connectivity index (χ1n) is 7.95. The fourth-order valence-corrected chi connectivity index (χ4v) is 2.61. The number of carbonyl (C=O) groups excluding carboxylic acids is 1. The fourth-order valence-electron chi connectivity index (χ4n) is 2.61. The maximum atomic E-state index is 14.0. The predicted molar refractivity (Wildman–Crippen MR) is 95.5 cm³/mol. The molecule has 1 atom stereocenters. The van der Waals surface area contributed by atoms with Gasteiger partial charge >= 0.3 is 0 Å². The molecule has 0 aromatic heterocycles. The number of carbonyl (C=O) groups is 1. The van der Waals surface area contributed by atoms with E-state index in [1.807, 2.05) is 37.4 Å². The third-order valence-corrected chi connectivity index (χ3v) is 3.91. The fraction of sp³-hybridized carbons (Fsp3) is 0.316. The van der Waals surface area contributed by atoms with Crippen LogP contribution in [0.5, 0.6) is 0 Å². The maximum absolute atomic E-state index is 14.0. The average molecular weight is 329 g/mol. The smallest absolute Gasteiger partial charge is 0.242 e. The number of anilines is 1. The Labute approximate surface area is 142 Å². The van der Waals surface area contributed by atoms with Crippen molar-refractivity contribution in [2.75, 3.05) is 39.1 Å². The van der Waals surface area contributed by atoms with Gasteiger partial charge in [-0.15, -0.1) is 0 Å². The second-order valence-electron chi connectivity index (χ2n) is 5.94. The van der Waals surface area contributed by atoms with Crippen LogP contribution in [0.4, 0.5) is 10.1 Å². The molecule has 0 bridgehead atoms. The summed E-state index contributed by atoms with van der Waals surface area (Å²) >= 11 is 0. The van der Waals surface area contributed by atoms with Gasteiger partial charge in [-0.1, -0.05) is 36.4 Å². The van der Waals surface area contributed by atoms with E-state index in [1.165, 1.54) is 6.07 Å². The van der Waals surface area contributed by atoms with Crippen molar-refractivity contribution in [3.05, 3.63) is 66.0 Å². The predicted octanol–water partition coefficient (Wildman–Crippen LogP) is 2.68. The molecule has 1 N–H and O–H groups in total. The second kappa shape index (κ2) is 8.45. The number of para-hydroxylation sites is 1. The summed E-state index contributed by atoms with van der Waals surface area (Å²) in [6.07, 6.45) is 0. The molecule has 0 aliphatic heterocycles. The molecule has 2 rings (SSSR count). The standard InChI is InChI=1S/C19H24FN3O/c1-22(2)18(16-11-7-8-12-17(16)20)19(24)21-13-14-23(3)15-9-5-4-6-10-15/h4-12,18H,13-14H2,1-3H3,(H,21,24)/t18-/m1/s1. The molecule has 2 aromatic carbocycles. The van der Waals surface area contributed by atoms with Gasteiger partial charge in [-0.05, 0) is 32.3 Å². The first-order chi connectivity index (χ1) is 11.5. The third-order valence-electron chi connectivity index (χ3n) is 3.91. The number of nitrogens with one attached hydrogen (secondary N) is 1. The zero-order valence-electron chi connectivity index (χ0n) is 14.4. The number of hydrogen-bond acceptors (Lipinski definition) is 3. The molecule has 24 heavy (non-hydrogen) atoms. The van der Waals surface area contributed by atoms with Crippen LogP contribution < -0.4 is 10.2 Å². The summed E-state index contributed by atoms with van der Waals surface area (Å²) in [5, 5.41) is 2.90. The minimum atomic E-state index is -0.645. The normalized spacial score (nSPS) is 12.0. The summed E-state index contributed by atoms with van der Waals surface area (Å²) in [5.41, 5.74) is 1.47. The van der Waals surface area contributed by atoms with Crippen molar-refractivity contribution in [1.82, 2.24) is 10.2 Å². The summed E-state index contributed by atoms with van der Waals surface area (Å²) in [4.78, 5) is 16.3. The van der Waals surface area contributed by atoms with Crippen molar-refractivity contribution in [2.24, 2.45) is 0 Å². The molecule has 0 saturated heterocycles. The van der Waals surface area contributed by atoms with Crippen molar-refractivity contribution >= 4 is 11.6 Å². The van der Waals surface area contributed by atoms with Crippen LogP contribution in [0.2, 0.25) is 0 Å². The molecule has 0 saturated carbocycles. The van der Waals surface area contributed by atoms with E-state index >= 15 is 0 Å². The summed E-state index contributed by atoms with van der Waals surface area (Å²) in [7, 11) is 5.52. The largest absolute Gasteiger partial charge is 0.373 e. The molecule has 128 valence electrons. The number of hydrogen-bond donors (Lipinski definition) is 1. The van der Waals surface area contributed by atoms with Gasteiger partial charge in [0, 0.05) is 31.4 Å². The van der Waals surface area contributed by atoms with Gasteiger partial charge in [-0.2, -0.15) is 0 Å². The topological polar surface area (TPSA) is 35.6 Å². The minimum absolute atomic E-state index is 0.202. The highest BCUT2D eigenvalue weighted by Crippen LogP contribution is 2.21. The Kier molecular flexibility index (Phi) is 6.32. The number of halogens is 1. The van der Waals surface area contributed by atoms with E-state index in [1.54, 1.807) is 37.2 Å². The lowest BCUT2D eigenvalue weighted by Gasteiger charge is -2.25. The van der Waals surface area contributed by atoms with Gasteiger partial charge in [0.15, 0.2) is 0 Å². The Morgan fingerprint density at radius 3 is 2.29 bits per heavy atom. The van der Waals surface area contributed by atoms with Gasteiger partial charge in [0.05, 0.1) is 0 Å². The molecule has 0 aliphatic rings. The zero-order chi connectivity index (χ0) is 17.5. The SMILES string of the molecule is CN(CCNC(=O)[C@@H](c1ccccc1F)N(C)C)c1ccccc1. The molecule has 0 spiro atoms. The van der Waals surface area contributed by atoms with Gasteiger partial charge in [0.1, 0.15) is 11.9 Å². The molecular formula is C19H24FN3O. The molecular weight excluding hydrogens is 305 g/mol. The Morgan fingerprint density at radius 2 is 1.67 bits per heavy atom. The van der Waals surface area contributed by atoms with E-state index in [9.17, 15) is 9.18 Å². The van der Waals surface area contributed by atoms with Crippen molar-refractivity contribution in [2.45, 2.75) is 6.04 Å². The van der Waals surface area contributed by atoms with E-state index in [0.717, 1.165) is 5.69 Å². The van der Waals surface area contributed by atoms with Gasteiger partial charge in [0.2, 0.25) is 5.91 Å². The van der Waals surface area contributed by atoms with Crippen LogP contribution in [0.15, 0.2) is 54.6 Å². The van der Waals surface area contributed by atoms with Gasteiger partial charge in [-0.3, -0.25) is 9.69 Å². The number of rotatable bonds is 7. The number of likely N-dealkylation sites (N-methyl/N-ethyl adjacent to an activating group) is 2. The van der Waals surface area contributed by atoms with E-state index in [0.29, 0.717) is 18.7 Å². The maximum Gasteiger partial charge on any atom is 0.242 e. The number of nitrogens with zero attached hydrogens (tertiary/aromatic N) is 2. The lowest BCUT2D eigenvalue weighted by molar-refractivity contribution is -0.125. The molecule has 0 radical (unpaired) electrons. The van der Waals surface area contributed by atoms with Crippen LogP contribution >= 0.6 is 0 Å². The lowest BCUT2D eigenvalue weighted by atomic mass is 10.0. The Bertz CT molecular complexity index is 661. The van der Waals surface area contributed by atoms with Gasteiger partial charge in [-0.25, -0.2) is 4.39 Å².